The van der Waals surface area contributed by atoms with E-state index < -0.39 is 0 Å². The fraction of sp³-hybridized carbons (Fsp3) is 0.455. The lowest BCUT2D eigenvalue weighted by Gasteiger charge is -2.09. The maximum absolute atomic E-state index is 5.61. The van der Waals surface area contributed by atoms with Crippen molar-refractivity contribution in [1.29, 1.82) is 0 Å². The van der Waals surface area contributed by atoms with E-state index >= 15 is 0 Å². The smallest absolute Gasteiger partial charge is 0.127 e. The van der Waals surface area contributed by atoms with Crippen LogP contribution in [0, 0.1) is 13.8 Å². The molecule has 0 fully saturated rings. The van der Waals surface area contributed by atoms with E-state index in [4.69, 9.17) is 9.57 Å². The van der Waals surface area contributed by atoms with Crippen molar-refractivity contribution in [2.75, 3.05) is 13.7 Å². The van der Waals surface area contributed by atoms with Crippen molar-refractivity contribution in [2.24, 2.45) is 0 Å². The lowest BCUT2D eigenvalue weighted by Crippen LogP contribution is -2.20. The van der Waals surface area contributed by atoms with Gasteiger partial charge in [0.05, 0.1) is 13.2 Å². The number of aryl methyl sites for hydroxylation is 2. The van der Waals surface area contributed by atoms with Crippen LogP contribution in [0.15, 0.2) is 12.1 Å². The third-order valence-corrected chi connectivity index (χ3v) is 2.48. The maximum atomic E-state index is 5.61. The Balaban J connectivity index is 2.38. The van der Waals surface area contributed by atoms with Gasteiger partial charge >= 0.3 is 0 Å². The zero-order valence-corrected chi connectivity index (χ0v) is 8.76. The van der Waals surface area contributed by atoms with Gasteiger partial charge in [0, 0.05) is 5.56 Å². The Bertz CT molecular complexity index is 349. The molecule has 0 aromatic heterocycles. The van der Waals surface area contributed by atoms with Gasteiger partial charge in [-0.25, -0.2) is 0 Å². The first-order valence-electron chi connectivity index (χ1n) is 4.75. The molecule has 3 nitrogen and oxygen atoms in total. The molecule has 3 heteroatoms. The second kappa shape index (κ2) is 3.59. The molecule has 2 rings (SSSR count). The molecule has 76 valence electrons. The monoisotopic (exact) mass is 193 g/mol. The molecular weight excluding hydrogens is 178 g/mol. The fourth-order valence-electron chi connectivity index (χ4n) is 1.94. The maximum Gasteiger partial charge on any atom is 0.127 e. The molecule has 1 heterocycles. The third-order valence-electron chi connectivity index (χ3n) is 2.48. The summed E-state index contributed by atoms with van der Waals surface area (Å²) in [6.45, 7) is 4.81. The molecule has 1 aliphatic rings. The summed E-state index contributed by atoms with van der Waals surface area (Å²) in [6, 6.07) is 4.44. The normalized spacial score (nSPS) is 19.2. The van der Waals surface area contributed by atoms with Gasteiger partial charge in [-0.2, -0.15) is 5.48 Å². The Morgan fingerprint density at radius 1 is 1.43 bits per heavy atom. The number of hydrogen-bond donors (Lipinski definition) is 1. The summed E-state index contributed by atoms with van der Waals surface area (Å²) < 4.78 is 5.61. The Morgan fingerprint density at radius 2 is 2.21 bits per heavy atom. The molecule has 0 bridgehead atoms. The zero-order chi connectivity index (χ0) is 10.1. The van der Waals surface area contributed by atoms with Crippen LogP contribution in [-0.4, -0.2) is 13.7 Å². The third kappa shape index (κ3) is 1.49. The van der Waals surface area contributed by atoms with E-state index in [1.54, 1.807) is 7.11 Å². The molecule has 1 atom stereocenters. The molecule has 0 aliphatic carbocycles. The molecule has 14 heavy (non-hydrogen) atoms. The van der Waals surface area contributed by atoms with Gasteiger partial charge in [0.15, 0.2) is 0 Å². The zero-order valence-electron chi connectivity index (χ0n) is 8.76. The van der Waals surface area contributed by atoms with Crippen molar-refractivity contribution in [3.05, 3.63) is 28.8 Å². The first-order valence-corrected chi connectivity index (χ1v) is 4.75. The minimum atomic E-state index is 0.161. The van der Waals surface area contributed by atoms with Gasteiger partial charge in [-0.1, -0.05) is 17.7 Å². The number of hydrogen-bond acceptors (Lipinski definition) is 3. The summed E-state index contributed by atoms with van der Waals surface area (Å²) in [5, 5.41) is 0. The van der Waals surface area contributed by atoms with E-state index in [1.165, 1.54) is 16.7 Å². The van der Waals surface area contributed by atoms with E-state index in [0.717, 1.165) is 5.75 Å². The van der Waals surface area contributed by atoms with Crippen LogP contribution >= 0.6 is 0 Å². The quantitative estimate of drug-likeness (QED) is 0.727. The van der Waals surface area contributed by atoms with Gasteiger partial charge in [0.2, 0.25) is 0 Å². The molecule has 0 saturated heterocycles. The molecule has 0 radical (unpaired) electrons. The average Bonchev–Trinajstić information content (AvgIpc) is 2.49. The van der Waals surface area contributed by atoms with E-state index in [9.17, 15) is 0 Å². The lowest BCUT2D eigenvalue weighted by molar-refractivity contribution is 0.0535. The Morgan fingerprint density at radius 3 is 2.93 bits per heavy atom. The van der Waals surface area contributed by atoms with Gasteiger partial charge < -0.3 is 9.57 Å². The number of nitrogens with one attached hydrogen (secondary N) is 1. The van der Waals surface area contributed by atoms with Crippen LogP contribution < -0.4 is 10.2 Å². The van der Waals surface area contributed by atoms with Gasteiger partial charge in [0.1, 0.15) is 12.4 Å². The number of benzene rings is 1. The van der Waals surface area contributed by atoms with Crippen molar-refractivity contribution in [3.8, 4) is 5.75 Å². The van der Waals surface area contributed by atoms with E-state index in [1.807, 2.05) is 0 Å². The fourth-order valence-corrected chi connectivity index (χ4v) is 1.94. The second-order valence-corrected chi connectivity index (χ2v) is 3.69. The topological polar surface area (TPSA) is 30.5 Å². The minimum absolute atomic E-state index is 0.161. The second-order valence-electron chi connectivity index (χ2n) is 3.69. The van der Waals surface area contributed by atoms with Crippen LogP contribution in [0.25, 0.3) is 0 Å². The van der Waals surface area contributed by atoms with Gasteiger partial charge in [0.25, 0.3) is 0 Å². The Labute approximate surface area is 84.0 Å². The van der Waals surface area contributed by atoms with Crippen LogP contribution in [-0.2, 0) is 4.84 Å². The van der Waals surface area contributed by atoms with E-state index in [-0.39, 0.29) is 6.04 Å². The highest BCUT2D eigenvalue weighted by Crippen LogP contribution is 2.35. The number of rotatable bonds is 2. The van der Waals surface area contributed by atoms with Crippen LogP contribution in [0.4, 0.5) is 0 Å². The minimum Gasteiger partial charge on any atom is -0.491 e. The van der Waals surface area contributed by atoms with Crippen molar-refractivity contribution < 1.29 is 9.57 Å². The van der Waals surface area contributed by atoms with E-state index in [2.05, 4.69) is 31.5 Å². The number of ether oxygens (including phenoxy) is 1. The number of fused-ring (bicyclic) bond motifs is 1. The Kier molecular flexibility index (Phi) is 2.44. The summed E-state index contributed by atoms with van der Waals surface area (Å²) in [5.41, 5.74) is 6.58. The molecule has 0 spiro atoms. The molecule has 0 amide bonds. The predicted molar refractivity (Wildman–Crippen MR) is 54.3 cm³/mol. The molecule has 1 aromatic carbocycles. The predicted octanol–water partition coefficient (Wildman–Crippen LogP) is 1.89. The van der Waals surface area contributed by atoms with Crippen molar-refractivity contribution in [2.45, 2.75) is 19.9 Å². The van der Waals surface area contributed by atoms with Crippen LogP contribution in [0.1, 0.15) is 22.7 Å². The van der Waals surface area contributed by atoms with Crippen molar-refractivity contribution in [1.82, 2.24) is 5.48 Å². The van der Waals surface area contributed by atoms with E-state index in [0.29, 0.717) is 6.61 Å². The van der Waals surface area contributed by atoms with Crippen molar-refractivity contribution >= 4 is 0 Å². The summed E-state index contributed by atoms with van der Waals surface area (Å²) >= 11 is 0. The SMILES string of the molecule is CONC1COc2c(C)cc(C)cc21. The highest BCUT2D eigenvalue weighted by Gasteiger charge is 2.25. The molecule has 1 aromatic rings. The van der Waals surface area contributed by atoms with Crippen LogP contribution in [0.5, 0.6) is 5.75 Å². The first kappa shape index (κ1) is 9.49. The van der Waals surface area contributed by atoms with Crippen LogP contribution in [0.2, 0.25) is 0 Å². The molecule has 1 aliphatic heterocycles. The number of hydroxylamine groups is 1. The largest absolute Gasteiger partial charge is 0.491 e. The molecule has 1 N–H and O–H groups in total. The molecular formula is C11H15NO2. The van der Waals surface area contributed by atoms with Crippen molar-refractivity contribution in [3.63, 3.8) is 0 Å². The highest BCUT2D eigenvalue weighted by atomic mass is 16.6. The summed E-state index contributed by atoms with van der Waals surface area (Å²) in [7, 11) is 1.63. The van der Waals surface area contributed by atoms with Gasteiger partial charge in [-0.3, -0.25) is 0 Å². The average molecular weight is 193 g/mol. The lowest BCUT2D eigenvalue weighted by atomic mass is 10.0. The first-order chi connectivity index (χ1) is 6.72. The Hall–Kier alpha value is -1.06. The summed E-state index contributed by atoms with van der Waals surface area (Å²) in [6.07, 6.45) is 0. The summed E-state index contributed by atoms with van der Waals surface area (Å²) in [4.78, 5) is 4.93. The molecule has 0 saturated carbocycles. The highest BCUT2D eigenvalue weighted by molar-refractivity contribution is 5.47. The molecule has 1 unspecified atom stereocenters. The van der Waals surface area contributed by atoms with Crippen LogP contribution in [0.3, 0.4) is 0 Å². The van der Waals surface area contributed by atoms with Gasteiger partial charge in [-0.15, -0.1) is 0 Å². The summed E-state index contributed by atoms with van der Waals surface area (Å²) in [5.74, 6) is 1.00. The van der Waals surface area contributed by atoms with Gasteiger partial charge in [-0.05, 0) is 19.4 Å². The standard InChI is InChI=1S/C11H15NO2/c1-7-4-8(2)11-9(5-7)10(6-14-11)12-13-3/h4-5,10,12H,6H2,1-3H3.